The first kappa shape index (κ1) is 13.9. The van der Waals surface area contributed by atoms with E-state index in [1.807, 2.05) is 13.2 Å². The van der Waals surface area contributed by atoms with Gasteiger partial charge in [-0.25, -0.2) is 4.79 Å². The lowest BCUT2D eigenvalue weighted by Gasteiger charge is -2.18. The van der Waals surface area contributed by atoms with Crippen molar-refractivity contribution in [3.8, 4) is 5.88 Å². The number of aromatic amines is 1. The van der Waals surface area contributed by atoms with Crippen molar-refractivity contribution in [2.24, 2.45) is 0 Å². The zero-order chi connectivity index (χ0) is 13.2. The largest absolute Gasteiger partial charge is 0.494 e. The summed E-state index contributed by atoms with van der Waals surface area (Å²) in [6, 6.07) is -0.160. The summed E-state index contributed by atoms with van der Waals surface area (Å²) < 4.78 is 1.24. The minimum atomic E-state index is -0.557. The van der Waals surface area contributed by atoms with Crippen LogP contribution in [-0.2, 0) is 0 Å². The summed E-state index contributed by atoms with van der Waals surface area (Å²) >= 11 is 1.58. The molecule has 0 aromatic carbocycles. The number of aromatic nitrogens is 2. The number of rotatable bonds is 4. The Labute approximate surface area is 104 Å². The molecule has 0 saturated heterocycles. The second-order valence-corrected chi connectivity index (χ2v) is 5.24. The average molecular weight is 258 g/mol. The first-order chi connectivity index (χ1) is 7.90. The van der Waals surface area contributed by atoms with E-state index in [2.05, 4.69) is 4.98 Å². The highest BCUT2D eigenvalue weighted by atomic mass is 32.2. The Bertz CT molecular complexity index is 504. The maximum atomic E-state index is 11.7. The van der Waals surface area contributed by atoms with Crippen molar-refractivity contribution < 1.29 is 5.11 Å². The fraction of sp³-hybridized carbons (Fsp3) is 0.636. The zero-order valence-corrected chi connectivity index (χ0v) is 11.3. The van der Waals surface area contributed by atoms with Crippen molar-refractivity contribution in [3.05, 3.63) is 26.4 Å². The maximum Gasteiger partial charge on any atom is 0.331 e. The van der Waals surface area contributed by atoms with Crippen LogP contribution in [0.5, 0.6) is 5.88 Å². The Morgan fingerprint density at radius 1 is 1.35 bits per heavy atom. The Kier molecular flexibility index (Phi) is 4.45. The highest BCUT2D eigenvalue weighted by Crippen LogP contribution is 2.23. The van der Waals surface area contributed by atoms with E-state index < -0.39 is 11.2 Å². The topological polar surface area (TPSA) is 75.1 Å². The van der Waals surface area contributed by atoms with Gasteiger partial charge in [0, 0.05) is 11.8 Å². The molecular formula is C11H18N2O3S. The summed E-state index contributed by atoms with van der Waals surface area (Å²) in [5, 5.41) is 10.1. The van der Waals surface area contributed by atoms with Gasteiger partial charge in [-0.1, -0.05) is 13.8 Å². The summed E-state index contributed by atoms with van der Waals surface area (Å²) in [5.41, 5.74) is -0.800. The van der Waals surface area contributed by atoms with Crippen LogP contribution >= 0.6 is 11.8 Å². The predicted molar refractivity (Wildman–Crippen MR) is 70.2 cm³/mol. The summed E-state index contributed by atoms with van der Waals surface area (Å²) in [4.78, 5) is 25.5. The van der Waals surface area contributed by atoms with Crippen molar-refractivity contribution in [2.45, 2.75) is 32.7 Å². The molecule has 0 spiro atoms. The molecule has 2 N–H and O–H groups in total. The lowest BCUT2D eigenvalue weighted by molar-refractivity contribution is 0.373. The molecular weight excluding hydrogens is 240 g/mol. The van der Waals surface area contributed by atoms with Crippen molar-refractivity contribution >= 4 is 11.8 Å². The van der Waals surface area contributed by atoms with Gasteiger partial charge >= 0.3 is 5.69 Å². The van der Waals surface area contributed by atoms with E-state index >= 15 is 0 Å². The van der Waals surface area contributed by atoms with Gasteiger partial charge in [0.2, 0.25) is 5.88 Å². The molecule has 1 rings (SSSR count). The van der Waals surface area contributed by atoms with Gasteiger partial charge in [0.25, 0.3) is 5.56 Å². The smallest absolute Gasteiger partial charge is 0.331 e. The SMILES string of the molecule is CSCC(C)n1c(O)c(C(C)C)c(=O)[nH]c1=O. The summed E-state index contributed by atoms with van der Waals surface area (Å²) in [5.74, 6) is 0.346. The molecule has 0 saturated carbocycles. The van der Waals surface area contributed by atoms with Crippen LogP contribution in [0.1, 0.15) is 38.3 Å². The van der Waals surface area contributed by atoms with Gasteiger partial charge in [0.05, 0.1) is 5.56 Å². The van der Waals surface area contributed by atoms with Crippen LogP contribution in [0, 0.1) is 0 Å². The van der Waals surface area contributed by atoms with E-state index in [4.69, 9.17) is 0 Å². The fourth-order valence-electron chi connectivity index (χ4n) is 1.80. The van der Waals surface area contributed by atoms with E-state index in [-0.39, 0.29) is 23.4 Å². The van der Waals surface area contributed by atoms with Gasteiger partial charge in [-0.2, -0.15) is 11.8 Å². The van der Waals surface area contributed by atoms with Crippen LogP contribution in [0.2, 0.25) is 0 Å². The van der Waals surface area contributed by atoms with Gasteiger partial charge in [-0.05, 0) is 19.1 Å². The number of nitrogens with zero attached hydrogens (tertiary/aromatic N) is 1. The van der Waals surface area contributed by atoms with Crippen molar-refractivity contribution in [3.63, 3.8) is 0 Å². The van der Waals surface area contributed by atoms with Crippen LogP contribution in [-0.4, -0.2) is 26.7 Å². The van der Waals surface area contributed by atoms with Crippen molar-refractivity contribution in [1.29, 1.82) is 0 Å². The lowest BCUT2D eigenvalue weighted by Crippen LogP contribution is -2.34. The molecule has 0 amide bonds. The summed E-state index contributed by atoms with van der Waals surface area (Å²) in [6.45, 7) is 5.44. The van der Waals surface area contributed by atoms with Gasteiger partial charge in [-0.15, -0.1) is 0 Å². The van der Waals surface area contributed by atoms with Gasteiger partial charge in [-0.3, -0.25) is 14.3 Å². The van der Waals surface area contributed by atoms with Crippen LogP contribution < -0.4 is 11.2 Å². The number of nitrogens with one attached hydrogen (secondary N) is 1. The molecule has 0 radical (unpaired) electrons. The molecule has 0 aliphatic carbocycles. The molecule has 1 unspecified atom stereocenters. The molecule has 0 bridgehead atoms. The van der Waals surface area contributed by atoms with E-state index in [0.717, 1.165) is 0 Å². The molecule has 1 aromatic heterocycles. The third kappa shape index (κ3) is 2.74. The molecule has 17 heavy (non-hydrogen) atoms. The Hall–Kier alpha value is -1.17. The third-order valence-electron chi connectivity index (χ3n) is 2.58. The number of H-pyrrole nitrogens is 1. The fourth-order valence-corrected chi connectivity index (χ4v) is 2.43. The average Bonchev–Trinajstić information content (AvgIpc) is 2.15. The highest BCUT2D eigenvalue weighted by Gasteiger charge is 2.19. The first-order valence-corrected chi connectivity index (χ1v) is 6.86. The standard InChI is InChI=1S/C11H18N2O3S/c1-6(2)8-9(14)12-11(16)13(10(8)15)7(3)5-17-4/h6-7,15H,5H2,1-4H3,(H,12,14,16). The Balaban J connectivity index is 3.46. The molecule has 0 aliphatic heterocycles. The Morgan fingerprint density at radius 3 is 2.41 bits per heavy atom. The number of thioether (sulfide) groups is 1. The van der Waals surface area contributed by atoms with E-state index in [9.17, 15) is 14.7 Å². The molecule has 0 fully saturated rings. The second kappa shape index (κ2) is 5.44. The maximum absolute atomic E-state index is 11.7. The van der Waals surface area contributed by atoms with Crippen molar-refractivity contribution in [1.82, 2.24) is 9.55 Å². The summed E-state index contributed by atoms with van der Waals surface area (Å²) in [7, 11) is 0. The highest BCUT2D eigenvalue weighted by molar-refractivity contribution is 7.98. The Morgan fingerprint density at radius 2 is 1.94 bits per heavy atom. The monoisotopic (exact) mass is 258 g/mol. The van der Waals surface area contributed by atoms with Gasteiger partial charge in [0.1, 0.15) is 0 Å². The van der Waals surface area contributed by atoms with Crippen molar-refractivity contribution in [2.75, 3.05) is 12.0 Å². The molecule has 1 heterocycles. The predicted octanol–water partition coefficient (Wildman–Crippen LogP) is 1.29. The van der Waals surface area contributed by atoms with E-state index in [0.29, 0.717) is 5.75 Å². The number of hydrogen-bond acceptors (Lipinski definition) is 4. The van der Waals surface area contributed by atoms with Crippen LogP contribution in [0.4, 0.5) is 0 Å². The lowest BCUT2D eigenvalue weighted by atomic mass is 10.1. The van der Waals surface area contributed by atoms with Crippen LogP contribution in [0.25, 0.3) is 0 Å². The van der Waals surface area contributed by atoms with Crippen LogP contribution in [0.3, 0.4) is 0 Å². The normalized spacial score (nSPS) is 13.0. The molecule has 1 atom stereocenters. The molecule has 6 heteroatoms. The molecule has 96 valence electrons. The summed E-state index contributed by atoms with van der Waals surface area (Å²) in [6.07, 6.45) is 1.92. The quantitative estimate of drug-likeness (QED) is 0.853. The van der Waals surface area contributed by atoms with Gasteiger partial charge < -0.3 is 5.11 Å². The molecule has 1 aromatic rings. The molecule has 0 aliphatic rings. The first-order valence-electron chi connectivity index (χ1n) is 5.46. The van der Waals surface area contributed by atoms with E-state index in [1.54, 1.807) is 25.6 Å². The van der Waals surface area contributed by atoms with E-state index in [1.165, 1.54) is 4.57 Å². The molecule has 5 nitrogen and oxygen atoms in total. The second-order valence-electron chi connectivity index (χ2n) is 4.33. The minimum absolute atomic E-state index is 0.132. The minimum Gasteiger partial charge on any atom is -0.494 e. The van der Waals surface area contributed by atoms with Gasteiger partial charge in [0.15, 0.2) is 0 Å². The van der Waals surface area contributed by atoms with Crippen LogP contribution in [0.15, 0.2) is 9.59 Å². The zero-order valence-electron chi connectivity index (χ0n) is 10.5. The third-order valence-corrected chi connectivity index (χ3v) is 3.39. The number of aromatic hydroxyl groups is 1. The number of hydrogen-bond donors (Lipinski definition) is 2.